The number of thioether (sulfide) groups is 1. The van der Waals surface area contributed by atoms with E-state index in [9.17, 15) is 28.2 Å². The van der Waals surface area contributed by atoms with Gasteiger partial charge in [-0.1, -0.05) is 32.9 Å². The van der Waals surface area contributed by atoms with E-state index in [4.69, 9.17) is 9.47 Å². The Morgan fingerprint density at radius 1 is 1.23 bits per heavy atom. The predicted molar refractivity (Wildman–Crippen MR) is 137 cm³/mol. The molecule has 0 radical (unpaired) electrons. The topological polar surface area (TPSA) is 110 Å². The third-order valence-electron chi connectivity index (χ3n) is 6.75. The molecule has 5 rings (SSSR count). The molecule has 9 nitrogen and oxygen atoms in total. The maximum atomic E-state index is 13.8. The Bertz CT molecular complexity index is 1350. The van der Waals surface area contributed by atoms with Crippen molar-refractivity contribution in [2.24, 2.45) is 0 Å². The average Bonchev–Trinajstić information content (AvgIpc) is 3.36. The van der Waals surface area contributed by atoms with E-state index in [0.29, 0.717) is 23.5 Å². The molecule has 2 saturated heterocycles. The normalized spacial score (nSPS) is 25.0. The van der Waals surface area contributed by atoms with Gasteiger partial charge in [-0.2, -0.15) is 0 Å². The van der Waals surface area contributed by atoms with Gasteiger partial charge in [-0.05, 0) is 36.8 Å². The van der Waals surface area contributed by atoms with Crippen molar-refractivity contribution in [2.45, 2.75) is 41.1 Å². The molecule has 2 aliphatic heterocycles. The average molecular weight is 629 g/mol. The highest BCUT2D eigenvalue weighted by atomic mass is 79.9. The number of rotatable bonds is 7. The molecule has 0 spiro atoms. The van der Waals surface area contributed by atoms with E-state index < -0.39 is 53.8 Å². The van der Waals surface area contributed by atoms with E-state index in [1.54, 1.807) is 23.1 Å². The number of hydrogen-bond donors (Lipinski definition) is 2. The summed E-state index contributed by atoms with van der Waals surface area (Å²) in [5.74, 6) is -4.48. The number of methoxy groups -OCH3 is 1. The second-order valence-electron chi connectivity index (χ2n) is 9.15. The summed E-state index contributed by atoms with van der Waals surface area (Å²) >= 11 is 4.64. The summed E-state index contributed by atoms with van der Waals surface area (Å²) in [6.07, 6.45) is -0.940. The number of carbonyl (C=O) groups excluding carboxylic acids is 1. The number of aliphatic hydroxyl groups is 2. The summed E-state index contributed by atoms with van der Waals surface area (Å²) in [5.41, 5.74) is -0.360. The zero-order valence-corrected chi connectivity index (χ0v) is 22.9. The Balaban J connectivity index is 1.47. The molecule has 14 heteroatoms. The van der Waals surface area contributed by atoms with Gasteiger partial charge in [0.05, 0.1) is 18.4 Å². The lowest BCUT2D eigenvalue weighted by Gasteiger charge is -2.43. The summed E-state index contributed by atoms with van der Waals surface area (Å²) in [7, 11) is 1.41. The van der Waals surface area contributed by atoms with Crippen LogP contribution in [0.15, 0.2) is 45.9 Å². The highest BCUT2D eigenvalue weighted by molar-refractivity contribution is 9.10. The molecule has 2 fully saturated rings. The molecule has 3 heterocycles. The van der Waals surface area contributed by atoms with Crippen molar-refractivity contribution in [3.8, 4) is 11.3 Å². The molecule has 5 unspecified atom stereocenters. The smallest absolute Gasteiger partial charge is 0.254 e. The molecule has 0 bridgehead atoms. The van der Waals surface area contributed by atoms with Crippen molar-refractivity contribution in [3.63, 3.8) is 0 Å². The number of ether oxygens (including phenoxy) is 2. The first-order valence-electron chi connectivity index (χ1n) is 12.0. The molecule has 5 atom stereocenters. The molecule has 0 saturated carbocycles. The van der Waals surface area contributed by atoms with E-state index in [0.717, 1.165) is 23.0 Å². The number of aromatic nitrogens is 3. The first kappa shape index (κ1) is 28.1. The Hall–Kier alpha value is -2.49. The van der Waals surface area contributed by atoms with Gasteiger partial charge in [0.15, 0.2) is 17.5 Å². The number of carbonyl (C=O) groups is 1. The minimum absolute atomic E-state index is 0.0283. The van der Waals surface area contributed by atoms with Crippen LogP contribution in [0.1, 0.15) is 22.8 Å². The highest BCUT2D eigenvalue weighted by Crippen LogP contribution is 2.41. The van der Waals surface area contributed by atoms with Crippen molar-refractivity contribution in [1.82, 2.24) is 19.9 Å². The largest absolute Gasteiger partial charge is 0.394 e. The molecular formula is C25H24BrF3N4O5S. The number of aliphatic hydroxyl groups excluding tert-OH is 2. The number of nitrogens with zero attached hydrogens (tertiary/aromatic N) is 4. The zero-order chi connectivity index (χ0) is 27.8. The highest BCUT2D eigenvalue weighted by Gasteiger charge is 2.48. The summed E-state index contributed by atoms with van der Waals surface area (Å²) < 4.78 is 54.8. The summed E-state index contributed by atoms with van der Waals surface area (Å²) in [6, 6.07) is 5.91. The Morgan fingerprint density at radius 3 is 2.56 bits per heavy atom. The van der Waals surface area contributed by atoms with Crippen LogP contribution < -0.4 is 0 Å². The van der Waals surface area contributed by atoms with Gasteiger partial charge < -0.3 is 24.6 Å². The van der Waals surface area contributed by atoms with Crippen LogP contribution in [0.3, 0.4) is 0 Å². The molecule has 2 N–H and O–H groups in total. The molecule has 2 aliphatic rings. The number of benzene rings is 2. The Morgan fingerprint density at radius 2 is 1.95 bits per heavy atom. The van der Waals surface area contributed by atoms with Crippen LogP contribution in [-0.2, 0) is 9.47 Å². The second kappa shape index (κ2) is 11.6. The van der Waals surface area contributed by atoms with E-state index in [2.05, 4.69) is 26.2 Å². The van der Waals surface area contributed by atoms with Crippen molar-refractivity contribution in [2.75, 3.05) is 26.8 Å². The van der Waals surface area contributed by atoms with Crippen LogP contribution in [-0.4, -0.2) is 86.6 Å². The molecule has 3 aromatic rings. The number of likely N-dealkylation sites (tertiary alicyclic amines) is 1. The van der Waals surface area contributed by atoms with Gasteiger partial charge in [-0.15, -0.1) is 5.10 Å². The third-order valence-corrected chi connectivity index (χ3v) is 8.45. The lowest BCUT2D eigenvalue weighted by atomic mass is 9.97. The summed E-state index contributed by atoms with van der Waals surface area (Å²) in [5, 5.41) is 29.0. The van der Waals surface area contributed by atoms with Crippen LogP contribution in [0.2, 0.25) is 0 Å². The minimum Gasteiger partial charge on any atom is -0.394 e. The fourth-order valence-electron chi connectivity index (χ4n) is 4.55. The lowest BCUT2D eigenvalue weighted by molar-refractivity contribution is -0.186. The van der Waals surface area contributed by atoms with Crippen molar-refractivity contribution >= 4 is 33.6 Å². The van der Waals surface area contributed by atoms with Gasteiger partial charge in [0.1, 0.15) is 35.5 Å². The van der Waals surface area contributed by atoms with Gasteiger partial charge in [0.2, 0.25) is 0 Å². The predicted octanol–water partition coefficient (Wildman–Crippen LogP) is 3.40. The van der Waals surface area contributed by atoms with Crippen LogP contribution in [0.5, 0.6) is 0 Å². The number of amides is 1. The van der Waals surface area contributed by atoms with Crippen molar-refractivity contribution in [3.05, 3.63) is 64.0 Å². The van der Waals surface area contributed by atoms with Gasteiger partial charge >= 0.3 is 0 Å². The maximum Gasteiger partial charge on any atom is 0.254 e. The monoisotopic (exact) mass is 628 g/mol. The minimum atomic E-state index is -1.60. The molecule has 0 aliphatic carbocycles. The van der Waals surface area contributed by atoms with Gasteiger partial charge in [-0.25, -0.2) is 17.9 Å². The van der Waals surface area contributed by atoms with Crippen molar-refractivity contribution in [1.29, 1.82) is 0 Å². The summed E-state index contributed by atoms with van der Waals surface area (Å²) in [4.78, 5) is 15.4. The van der Waals surface area contributed by atoms with Crippen LogP contribution in [0.25, 0.3) is 11.3 Å². The summed E-state index contributed by atoms with van der Waals surface area (Å²) in [6.45, 7) is 0.826. The van der Waals surface area contributed by atoms with Crippen LogP contribution in [0, 0.1) is 17.5 Å². The maximum absolute atomic E-state index is 13.8. The number of halogens is 4. The molecule has 39 heavy (non-hydrogen) atoms. The van der Waals surface area contributed by atoms with Gasteiger partial charge in [-0.3, -0.25) is 4.79 Å². The first-order valence-corrected chi connectivity index (χ1v) is 13.7. The molecule has 208 valence electrons. The fraction of sp³-hybridized carbons (Fsp3) is 0.400. The van der Waals surface area contributed by atoms with E-state index >= 15 is 0 Å². The zero-order valence-electron chi connectivity index (χ0n) is 20.5. The third kappa shape index (κ3) is 5.45. The van der Waals surface area contributed by atoms with E-state index in [1.807, 2.05) is 0 Å². The lowest BCUT2D eigenvalue weighted by Crippen LogP contribution is -2.55. The molecular weight excluding hydrogens is 605 g/mol. The first-order chi connectivity index (χ1) is 18.7. The number of hydrogen-bond acceptors (Lipinski definition) is 8. The molecule has 2 aromatic carbocycles. The standard InChI is InChI=1S/C25H24BrF3N4O5S/c1-37-23-21(33-10-17(30-31-33)12-7-15(27)20(29)16(28)8-12)22(35)18(11-34)38-25(23)39-19-9-13(26)3-4-14(19)24(36)32-5-2-6-32/h3-4,7-10,18,21-23,25,34-35H,2,5-6,11H2,1H3. The van der Waals surface area contributed by atoms with E-state index in [-0.39, 0.29) is 17.2 Å². The molecule has 1 aromatic heterocycles. The van der Waals surface area contributed by atoms with Gasteiger partial charge in [0.25, 0.3) is 5.91 Å². The quantitative estimate of drug-likeness (QED) is 0.383. The van der Waals surface area contributed by atoms with Crippen LogP contribution in [0.4, 0.5) is 13.2 Å². The van der Waals surface area contributed by atoms with E-state index in [1.165, 1.54) is 29.8 Å². The molecule has 1 amide bonds. The SMILES string of the molecule is COC1C(Sc2cc(Br)ccc2C(=O)N2CCC2)OC(CO)C(O)C1n1cc(-c2cc(F)c(F)c(F)c2)nn1. The second-order valence-corrected chi connectivity index (χ2v) is 11.2. The van der Waals surface area contributed by atoms with Gasteiger partial charge in [0, 0.05) is 35.1 Å². The Labute approximate surface area is 234 Å². The Kier molecular flexibility index (Phi) is 8.31. The van der Waals surface area contributed by atoms with Crippen molar-refractivity contribution < 1.29 is 37.7 Å². The fourth-order valence-corrected chi connectivity index (χ4v) is 6.40. The van der Waals surface area contributed by atoms with Crippen LogP contribution >= 0.6 is 27.7 Å².